The van der Waals surface area contributed by atoms with E-state index in [0.29, 0.717) is 24.7 Å². The molecule has 0 aromatic heterocycles. The SMILES string of the molecule is CC1CC[C@@]2(CO1)C[C@]1(N=C(N)N(C)O1)c1cc(-c3ccc(F)c(Cl)c3)ccc1O2. The number of nitrogens with zero attached hydrogens (tertiary/aromatic N) is 2. The summed E-state index contributed by atoms with van der Waals surface area (Å²) in [5.74, 6) is 0.534. The summed E-state index contributed by atoms with van der Waals surface area (Å²) in [6.07, 6.45) is 2.42. The fourth-order valence-electron chi connectivity index (χ4n) is 4.45. The zero-order chi connectivity index (χ0) is 21.1. The van der Waals surface area contributed by atoms with Gasteiger partial charge in [0.25, 0.3) is 0 Å². The molecule has 3 aliphatic rings. The van der Waals surface area contributed by atoms with E-state index in [2.05, 4.69) is 6.92 Å². The standard InChI is InChI=1S/C22H23ClFN3O3/c1-13-7-8-21(12-28-13)11-22(26-20(25)27(2)30-22)16-9-14(4-6-19(16)29-21)15-3-5-18(24)17(23)10-15/h3-6,9-10,13H,7-8,11-12H2,1-2H3,(H2,25,26)/t13?,21-,22+/m0/s1. The van der Waals surface area contributed by atoms with E-state index in [0.717, 1.165) is 29.5 Å². The van der Waals surface area contributed by atoms with Gasteiger partial charge in [0.05, 0.1) is 23.3 Å². The highest BCUT2D eigenvalue weighted by atomic mass is 35.5. The second-order valence-electron chi connectivity index (χ2n) is 8.31. The van der Waals surface area contributed by atoms with Crippen molar-refractivity contribution in [1.82, 2.24) is 5.06 Å². The summed E-state index contributed by atoms with van der Waals surface area (Å²) in [6.45, 7) is 2.53. The van der Waals surface area contributed by atoms with Gasteiger partial charge in [0.15, 0.2) is 0 Å². The molecule has 30 heavy (non-hydrogen) atoms. The van der Waals surface area contributed by atoms with Crippen molar-refractivity contribution < 1.29 is 18.7 Å². The highest BCUT2D eigenvalue weighted by Crippen LogP contribution is 2.52. The predicted octanol–water partition coefficient (Wildman–Crippen LogP) is 4.21. The molecule has 2 N–H and O–H groups in total. The van der Waals surface area contributed by atoms with Crippen molar-refractivity contribution in [3.05, 3.63) is 52.8 Å². The summed E-state index contributed by atoms with van der Waals surface area (Å²) < 4.78 is 26.0. The van der Waals surface area contributed by atoms with Crippen molar-refractivity contribution in [2.75, 3.05) is 13.7 Å². The Hall–Kier alpha value is -2.35. The van der Waals surface area contributed by atoms with Crippen LogP contribution in [0.2, 0.25) is 5.02 Å². The molecule has 1 fully saturated rings. The lowest BCUT2D eigenvalue weighted by Gasteiger charge is -2.47. The van der Waals surface area contributed by atoms with Gasteiger partial charge in [-0.3, -0.25) is 0 Å². The molecule has 8 heteroatoms. The Balaban J connectivity index is 1.61. The van der Waals surface area contributed by atoms with Gasteiger partial charge < -0.3 is 15.2 Å². The van der Waals surface area contributed by atoms with Gasteiger partial charge in [-0.2, -0.15) is 0 Å². The van der Waals surface area contributed by atoms with Crippen LogP contribution in [0, 0.1) is 5.82 Å². The van der Waals surface area contributed by atoms with Gasteiger partial charge in [0.2, 0.25) is 11.7 Å². The maximum absolute atomic E-state index is 13.6. The Morgan fingerprint density at radius 2 is 2.00 bits per heavy atom. The maximum Gasteiger partial charge on any atom is 0.222 e. The molecule has 3 aliphatic heterocycles. The Bertz CT molecular complexity index is 1040. The average Bonchev–Trinajstić information content (AvgIpc) is 3.00. The molecule has 3 atom stereocenters. The first-order valence-corrected chi connectivity index (χ1v) is 10.4. The van der Waals surface area contributed by atoms with Crippen molar-refractivity contribution in [2.24, 2.45) is 10.7 Å². The molecular formula is C22H23ClFN3O3. The second kappa shape index (κ2) is 6.83. The van der Waals surface area contributed by atoms with Gasteiger partial charge in [-0.15, -0.1) is 0 Å². The fraction of sp³-hybridized carbons (Fsp3) is 0.409. The minimum Gasteiger partial charge on any atom is -0.484 e. The number of fused-ring (bicyclic) bond motifs is 2. The lowest BCUT2D eigenvalue weighted by atomic mass is 9.80. The molecule has 0 saturated carbocycles. The number of benzene rings is 2. The molecule has 0 amide bonds. The van der Waals surface area contributed by atoms with Gasteiger partial charge in [-0.05, 0) is 55.2 Å². The molecule has 2 aromatic carbocycles. The Kier molecular flexibility index (Phi) is 4.47. The van der Waals surface area contributed by atoms with E-state index >= 15 is 0 Å². The zero-order valence-electron chi connectivity index (χ0n) is 16.8. The van der Waals surface area contributed by atoms with Gasteiger partial charge in [-0.1, -0.05) is 23.7 Å². The molecule has 158 valence electrons. The lowest BCUT2D eigenvalue weighted by molar-refractivity contribution is -0.220. The number of hydroxylamine groups is 2. The van der Waals surface area contributed by atoms with Crippen molar-refractivity contribution in [1.29, 1.82) is 0 Å². The van der Waals surface area contributed by atoms with Crippen molar-refractivity contribution in [3.8, 4) is 16.9 Å². The Morgan fingerprint density at radius 3 is 2.67 bits per heavy atom. The molecule has 6 nitrogen and oxygen atoms in total. The number of hydrogen-bond donors (Lipinski definition) is 1. The molecule has 5 rings (SSSR count). The van der Waals surface area contributed by atoms with Crippen LogP contribution in [0.15, 0.2) is 41.4 Å². The first-order valence-electron chi connectivity index (χ1n) is 9.98. The molecule has 0 bridgehead atoms. The van der Waals surface area contributed by atoms with E-state index < -0.39 is 17.1 Å². The van der Waals surface area contributed by atoms with E-state index in [1.807, 2.05) is 18.2 Å². The smallest absolute Gasteiger partial charge is 0.222 e. The quantitative estimate of drug-likeness (QED) is 0.732. The predicted molar refractivity (Wildman–Crippen MR) is 112 cm³/mol. The third-order valence-electron chi connectivity index (χ3n) is 6.08. The number of halogens is 2. The van der Waals surface area contributed by atoms with Crippen LogP contribution in [-0.4, -0.2) is 36.4 Å². The van der Waals surface area contributed by atoms with Gasteiger partial charge >= 0.3 is 0 Å². The summed E-state index contributed by atoms with van der Waals surface area (Å²) in [5, 5.41) is 1.55. The summed E-state index contributed by atoms with van der Waals surface area (Å²) in [5.41, 5.74) is 6.97. The van der Waals surface area contributed by atoms with E-state index in [1.54, 1.807) is 19.2 Å². The van der Waals surface area contributed by atoms with Crippen LogP contribution in [0.5, 0.6) is 5.75 Å². The summed E-state index contributed by atoms with van der Waals surface area (Å²) in [6, 6.07) is 10.4. The monoisotopic (exact) mass is 431 g/mol. The van der Waals surface area contributed by atoms with Gasteiger partial charge in [0.1, 0.15) is 17.2 Å². The van der Waals surface area contributed by atoms with Crippen LogP contribution in [0.3, 0.4) is 0 Å². The van der Waals surface area contributed by atoms with Crippen LogP contribution in [-0.2, 0) is 15.3 Å². The highest BCUT2D eigenvalue weighted by molar-refractivity contribution is 6.31. The summed E-state index contributed by atoms with van der Waals surface area (Å²) >= 11 is 5.99. The highest BCUT2D eigenvalue weighted by Gasteiger charge is 2.55. The third kappa shape index (κ3) is 3.12. The first-order chi connectivity index (χ1) is 14.3. The average molecular weight is 432 g/mol. The molecule has 0 aliphatic carbocycles. The number of guanidine groups is 1. The van der Waals surface area contributed by atoms with Gasteiger partial charge in [-0.25, -0.2) is 19.3 Å². The topological polar surface area (TPSA) is 69.3 Å². The van der Waals surface area contributed by atoms with Gasteiger partial charge in [0, 0.05) is 13.5 Å². The number of nitrogens with two attached hydrogens (primary N) is 1. The van der Waals surface area contributed by atoms with Crippen molar-refractivity contribution in [2.45, 2.75) is 43.6 Å². The van der Waals surface area contributed by atoms with Crippen molar-refractivity contribution >= 4 is 17.6 Å². The molecule has 0 radical (unpaired) electrons. The van der Waals surface area contributed by atoms with E-state index in [-0.39, 0.29) is 11.1 Å². The van der Waals surface area contributed by atoms with E-state index in [4.69, 9.17) is 36.6 Å². The number of hydrogen-bond acceptors (Lipinski definition) is 6. The Morgan fingerprint density at radius 1 is 1.23 bits per heavy atom. The van der Waals surface area contributed by atoms with Crippen LogP contribution in [0.4, 0.5) is 4.39 Å². The largest absolute Gasteiger partial charge is 0.484 e. The maximum atomic E-state index is 13.6. The molecule has 1 saturated heterocycles. The summed E-state index contributed by atoms with van der Waals surface area (Å²) in [4.78, 5) is 10.9. The fourth-order valence-corrected chi connectivity index (χ4v) is 4.63. The number of aliphatic imine (C=N–C) groups is 1. The number of rotatable bonds is 1. The van der Waals surface area contributed by atoms with E-state index in [1.165, 1.54) is 11.1 Å². The Labute approximate surface area is 179 Å². The third-order valence-corrected chi connectivity index (χ3v) is 6.37. The first kappa shape index (κ1) is 19.6. The molecule has 3 heterocycles. The number of ether oxygens (including phenoxy) is 2. The minimum atomic E-state index is -1.00. The van der Waals surface area contributed by atoms with Crippen LogP contribution >= 0.6 is 11.6 Å². The molecule has 2 spiro atoms. The second-order valence-corrected chi connectivity index (χ2v) is 8.71. The van der Waals surface area contributed by atoms with Crippen molar-refractivity contribution in [3.63, 3.8) is 0 Å². The molecule has 2 aromatic rings. The minimum absolute atomic E-state index is 0.0720. The lowest BCUT2D eigenvalue weighted by Crippen LogP contribution is -2.54. The van der Waals surface area contributed by atoms with Crippen LogP contribution < -0.4 is 10.5 Å². The normalized spacial score (nSPS) is 30.3. The summed E-state index contributed by atoms with van der Waals surface area (Å²) in [7, 11) is 1.73. The van der Waals surface area contributed by atoms with Crippen LogP contribution in [0.25, 0.3) is 11.1 Å². The van der Waals surface area contributed by atoms with E-state index in [9.17, 15) is 4.39 Å². The van der Waals surface area contributed by atoms with Crippen LogP contribution in [0.1, 0.15) is 31.7 Å². The molecule has 1 unspecified atom stereocenters. The zero-order valence-corrected chi connectivity index (χ0v) is 17.6. The molecular weight excluding hydrogens is 409 g/mol.